The molecule has 6 heteroatoms. The molecule has 6 nitrogen and oxygen atoms in total. The van der Waals surface area contributed by atoms with Gasteiger partial charge in [0.2, 0.25) is 5.91 Å². The van der Waals surface area contributed by atoms with E-state index in [1.807, 2.05) is 0 Å². The van der Waals surface area contributed by atoms with Crippen molar-refractivity contribution in [2.75, 3.05) is 13.2 Å². The van der Waals surface area contributed by atoms with E-state index in [0.717, 1.165) is 70.6 Å². The van der Waals surface area contributed by atoms with E-state index in [1.54, 1.807) is 0 Å². The fourth-order valence-corrected chi connectivity index (χ4v) is 9.95. The molecule has 0 aliphatic carbocycles. The number of aliphatic hydroxyl groups excluding tert-OH is 2. The van der Waals surface area contributed by atoms with Crippen LogP contribution in [0.3, 0.4) is 0 Å². The predicted octanol–water partition coefficient (Wildman–Crippen LogP) is 20.4. The molecule has 0 bridgehead atoms. The molecular weight excluding hydrogens is 887 g/mol. The monoisotopic (exact) mass is 1010 g/mol. The number of hydrogen-bond acceptors (Lipinski definition) is 5. The van der Waals surface area contributed by atoms with Crippen molar-refractivity contribution < 1.29 is 24.5 Å². The highest BCUT2D eigenvalue weighted by atomic mass is 16.5. The number of amides is 1. The first-order valence-electron chi connectivity index (χ1n) is 32.2. The summed E-state index contributed by atoms with van der Waals surface area (Å²) in [4.78, 5) is 24.6. The van der Waals surface area contributed by atoms with Crippen LogP contribution in [0.2, 0.25) is 0 Å². The summed E-state index contributed by atoms with van der Waals surface area (Å²) in [6, 6.07) is -0.554. The third-order valence-electron chi connectivity index (χ3n) is 14.9. The lowest BCUT2D eigenvalue weighted by Crippen LogP contribution is -2.45. The summed E-state index contributed by atoms with van der Waals surface area (Å²) < 4.78 is 5.47. The van der Waals surface area contributed by atoms with Crippen molar-refractivity contribution in [1.82, 2.24) is 5.32 Å². The van der Waals surface area contributed by atoms with Crippen LogP contribution in [0.4, 0.5) is 0 Å². The lowest BCUT2D eigenvalue weighted by molar-refractivity contribution is -0.143. The summed E-state index contributed by atoms with van der Waals surface area (Å²) in [5, 5.41) is 23.4. The van der Waals surface area contributed by atoms with Gasteiger partial charge in [0.05, 0.1) is 25.4 Å². The number of ether oxygens (including phenoxy) is 1. The summed E-state index contributed by atoms with van der Waals surface area (Å²) >= 11 is 0. The summed E-state index contributed by atoms with van der Waals surface area (Å²) in [5.41, 5.74) is 0. The second kappa shape index (κ2) is 61.6. The van der Waals surface area contributed by atoms with Gasteiger partial charge in [0.15, 0.2) is 0 Å². The van der Waals surface area contributed by atoms with Crippen molar-refractivity contribution in [3.8, 4) is 0 Å². The molecule has 0 heterocycles. The summed E-state index contributed by atoms with van der Waals surface area (Å²) in [6.07, 6.45) is 77.3. The van der Waals surface area contributed by atoms with E-state index < -0.39 is 12.1 Å². The molecule has 0 aliphatic heterocycles. The molecule has 2 atom stereocenters. The fraction of sp³-hybridized carbons (Fsp3) is 0.879. The van der Waals surface area contributed by atoms with E-state index in [9.17, 15) is 19.8 Å². The van der Waals surface area contributed by atoms with Gasteiger partial charge in [0.1, 0.15) is 0 Å². The number of nitrogens with one attached hydrogen (secondary N) is 1. The van der Waals surface area contributed by atoms with Crippen LogP contribution in [-0.2, 0) is 14.3 Å². The highest BCUT2D eigenvalue weighted by Crippen LogP contribution is 2.18. The van der Waals surface area contributed by atoms with Gasteiger partial charge in [0.25, 0.3) is 0 Å². The zero-order chi connectivity index (χ0) is 52.2. The number of hydrogen-bond donors (Lipinski definition) is 3. The average Bonchev–Trinajstić information content (AvgIpc) is 3.38. The van der Waals surface area contributed by atoms with E-state index >= 15 is 0 Å². The Hall–Kier alpha value is -1.92. The van der Waals surface area contributed by atoms with E-state index in [1.165, 1.54) is 244 Å². The minimum absolute atomic E-state index is 0.0112. The van der Waals surface area contributed by atoms with Gasteiger partial charge in [-0.15, -0.1) is 0 Å². The van der Waals surface area contributed by atoms with Gasteiger partial charge < -0.3 is 20.3 Å². The lowest BCUT2D eigenvalue weighted by atomic mass is 10.0. The lowest BCUT2D eigenvalue weighted by Gasteiger charge is -2.22. The van der Waals surface area contributed by atoms with Gasteiger partial charge in [-0.1, -0.05) is 294 Å². The maximum Gasteiger partial charge on any atom is 0.305 e. The summed E-state index contributed by atoms with van der Waals surface area (Å²) in [6.45, 7) is 4.91. The zero-order valence-corrected chi connectivity index (χ0v) is 48.4. The molecule has 424 valence electrons. The van der Waals surface area contributed by atoms with E-state index in [4.69, 9.17) is 4.74 Å². The van der Waals surface area contributed by atoms with Crippen LogP contribution >= 0.6 is 0 Å². The Morgan fingerprint density at radius 3 is 1.11 bits per heavy atom. The number of carbonyl (C=O) groups excluding carboxylic acids is 2. The number of unbranched alkanes of at least 4 members (excludes halogenated alkanes) is 43. The van der Waals surface area contributed by atoms with Gasteiger partial charge in [-0.3, -0.25) is 9.59 Å². The van der Waals surface area contributed by atoms with Gasteiger partial charge >= 0.3 is 5.97 Å². The van der Waals surface area contributed by atoms with Gasteiger partial charge in [-0.25, -0.2) is 0 Å². The standard InChI is InChI=1S/C66H125NO5/c1-3-5-7-9-11-13-15-17-19-20-21-22-23-24-25-28-31-34-38-42-46-50-54-58-64(69)63(62-68)67-65(70)59-55-51-47-43-39-35-32-29-26-27-30-33-37-41-45-49-53-57-61-72-66(71)60-56-52-48-44-40-36-18-16-14-12-10-8-6-4-2/h10,12,16,18,29,32,63-64,68-69H,3-9,11,13-15,17,19-28,30-31,33-62H2,1-2H3,(H,67,70)/b12-10-,18-16-,32-29-. The highest BCUT2D eigenvalue weighted by Gasteiger charge is 2.20. The Bertz CT molecular complexity index is 1170. The number of rotatable bonds is 60. The number of carbonyl (C=O) groups is 2. The van der Waals surface area contributed by atoms with Crippen LogP contribution in [0.1, 0.15) is 348 Å². The van der Waals surface area contributed by atoms with Gasteiger partial charge in [0, 0.05) is 12.8 Å². The Morgan fingerprint density at radius 1 is 0.389 bits per heavy atom. The van der Waals surface area contributed by atoms with E-state index in [2.05, 4.69) is 55.6 Å². The molecule has 0 saturated heterocycles. The molecule has 3 N–H and O–H groups in total. The predicted molar refractivity (Wildman–Crippen MR) is 315 cm³/mol. The molecule has 0 rings (SSSR count). The van der Waals surface area contributed by atoms with Crippen molar-refractivity contribution in [2.24, 2.45) is 0 Å². The second-order valence-corrected chi connectivity index (χ2v) is 22.1. The zero-order valence-electron chi connectivity index (χ0n) is 48.4. The SMILES string of the molecule is CCCC/C=C\C/C=C\CCCCCCCC(=O)OCCCCCCCCCCC/C=C\CCCCCCCC(=O)NC(CO)C(O)CCCCCCCCCCCCCCCCCCCCCCCCC. The van der Waals surface area contributed by atoms with Gasteiger partial charge in [-0.05, 0) is 77.0 Å². The van der Waals surface area contributed by atoms with Crippen molar-refractivity contribution in [3.05, 3.63) is 36.5 Å². The van der Waals surface area contributed by atoms with E-state index in [0.29, 0.717) is 25.9 Å². The molecule has 0 aliphatic rings. The Labute approximate surface area is 449 Å². The Morgan fingerprint density at radius 2 is 0.708 bits per heavy atom. The quantitative estimate of drug-likeness (QED) is 0.0320. The molecule has 0 aromatic heterocycles. The molecule has 0 aromatic carbocycles. The first kappa shape index (κ1) is 70.1. The molecule has 2 unspecified atom stereocenters. The Kier molecular flexibility index (Phi) is 60.0. The topological polar surface area (TPSA) is 95.9 Å². The van der Waals surface area contributed by atoms with Crippen LogP contribution in [0.5, 0.6) is 0 Å². The van der Waals surface area contributed by atoms with Crippen molar-refractivity contribution in [2.45, 2.75) is 360 Å². The molecule has 0 fully saturated rings. The Balaban J connectivity index is 3.45. The first-order chi connectivity index (χ1) is 35.5. The summed E-state index contributed by atoms with van der Waals surface area (Å²) in [5.74, 6) is -0.0577. The minimum Gasteiger partial charge on any atom is -0.466 e. The largest absolute Gasteiger partial charge is 0.466 e. The van der Waals surface area contributed by atoms with Crippen LogP contribution < -0.4 is 5.32 Å². The average molecular weight is 1010 g/mol. The van der Waals surface area contributed by atoms with Crippen molar-refractivity contribution in [1.29, 1.82) is 0 Å². The van der Waals surface area contributed by atoms with Gasteiger partial charge in [-0.2, -0.15) is 0 Å². The molecule has 72 heavy (non-hydrogen) atoms. The number of allylic oxidation sites excluding steroid dienone is 6. The van der Waals surface area contributed by atoms with Crippen molar-refractivity contribution >= 4 is 11.9 Å². The molecule has 0 radical (unpaired) electrons. The van der Waals surface area contributed by atoms with Crippen LogP contribution in [0.15, 0.2) is 36.5 Å². The van der Waals surface area contributed by atoms with Crippen molar-refractivity contribution in [3.63, 3.8) is 0 Å². The second-order valence-electron chi connectivity index (χ2n) is 22.1. The normalized spacial score (nSPS) is 12.8. The number of aliphatic hydroxyl groups is 2. The maximum absolute atomic E-state index is 12.5. The molecule has 0 aromatic rings. The first-order valence-corrected chi connectivity index (χ1v) is 32.2. The summed E-state index contributed by atoms with van der Waals surface area (Å²) in [7, 11) is 0. The smallest absolute Gasteiger partial charge is 0.305 e. The highest BCUT2D eigenvalue weighted by molar-refractivity contribution is 5.76. The third-order valence-corrected chi connectivity index (χ3v) is 14.9. The van der Waals surface area contributed by atoms with E-state index in [-0.39, 0.29) is 18.5 Å². The molecule has 0 saturated carbocycles. The molecular formula is C66H125NO5. The third kappa shape index (κ3) is 57.4. The minimum atomic E-state index is -0.675. The molecule has 1 amide bonds. The maximum atomic E-state index is 12.5. The number of esters is 1. The van der Waals surface area contributed by atoms with Crippen LogP contribution in [-0.4, -0.2) is 47.4 Å². The molecule has 0 spiro atoms. The van der Waals surface area contributed by atoms with Crippen LogP contribution in [0, 0.1) is 0 Å². The fourth-order valence-electron chi connectivity index (χ4n) is 9.95. The van der Waals surface area contributed by atoms with Crippen LogP contribution in [0.25, 0.3) is 0 Å².